The van der Waals surface area contributed by atoms with E-state index in [4.69, 9.17) is 0 Å². The van der Waals surface area contributed by atoms with Crippen LogP contribution in [0.3, 0.4) is 0 Å². The molecule has 2 nitrogen and oxygen atoms in total. The predicted molar refractivity (Wildman–Crippen MR) is 59.2 cm³/mol. The molecule has 0 amide bonds. The second kappa shape index (κ2) is 3.31. The summed E-state index contributed by atoms with van der Waals surface area (Å²) in [6.45, 7) is 8.12. The summed E-state index contributed by atoms with van der Waals surface area (Å²) in [6, 6.07) is 0. The number of fused-ring (bicyclic) bond motifs is 2. The number of carbonyl (C=O) groups excluding carboxylic acids is 1. The van der Waals surface area contributed by atoms with Gasteiger partial charge in [-0.15, -0.1) is 0 Å². The summed E-state index contributed by atoms with van der Waals surface area (Å²) < 4.78 is 0. The Morgan fingerprint density at radius 2 is 2.27 bits per heavy atom. The number of hydrogen-bond donors (Lipinski definition) is 1. The third kappa shape index (κ3) is 1.30. The van der Waals surface area contributed by atoms with Crippen LogP contribution in [0.15, 0.2) is 0 Å². The van der Waals surface area contributed by atoms with Crippen molar-refractivity contribution in [2.24, 2.45) is 16.7 Å². The van der Waals surface area contributed by atoms with E-state index in [0.29, 0.717) is 24.5 Å². The maximum atomic E-state index is 12.1. The molecule has 3 unspecified atom stereocenters. The first-order valence-electron chi connectivity index (χ1n) is 5.94. The number of hydrogen-bond acceptors (Lipinski definition) is 2. The standard InChI is InChI=1S/C13H21O2/c1-4-10(14)8-13-6-5-9(7-11(13)15)12(13,2)3/h9-10,14H,1,4-8H2,2-3H3. The van der Waals surface area contributed by atoms with Gasteiger partial charge < -0.3 is 5.11 Å². The number of rotatable bonds is 3. The summed E-state index contributed by atoms with van der Waals surface area (Å²) in [6.07, 6.45) is 3.58. The van der Waals surface area contributed by atoms with Crippen LogP contribution >= 0.6 is 0 Å². The van der Waals surface area contributed by atoms with Crippen LogP contribution in [0, 0.1) is 23.7 Å². The Morgan fingerprint density at radius 1 is 1.60 bits per heavy atom. The average Bonchev–Trinajstić information content (AvgIpc) is 2.51. The van der Waals surface area contributed by atoms with Gasteiger partial charge in [-0.25, -0.2) is 0 Å². The van der Waals surface area contributed by atoms with Crippen LogP contribution in [0.5, 0.6) is 0 Å². The Labute approximate surface area is 92.1 Å². The van der Waals surface area contributed by atoms with Gasteiger partial charge in [0.1, 0.15) is 5.78 Å². The molecule has 15 heavy (non-hydrogen) atoms. The van der Waals surface area contributed by atoms with Crippen molar-refractivity contribution in [2.75, 3.05) is 0 Å². The molecule has 0 aromatic carbocycles. The quantitative estimate of drug-likeness (QED) is 0.774. The maximum Gasteiger partial charge on any atom is 0.139 e. The highest BCUT2D eigenvalue weighted by molar-refractivity contribution is 5.89. The van der Waals surface area contributed by atoms with E-state index in [1.807, 2.05) is 0 Å². The molecular weight excluding hydrogens is 188 g/mol. The fraction of sp³-hybridized carbons (Fsp3) is 0.846. The molecule has 1 radical (unpaired) electrons. The molecule has 2 aliphatic carbocycles. The summed E-state index contributed by atoms with van der Waals surface area (Å²) in [7, 11) is 0. The summed E-state index contributed by atoms with van der Waals surface area (Å²) in [4.78, 5) is 12.1. The zero-order valence-electron chi connectivity index (χ0n) is 9.75. The molecule has 3 atom stereocenters. The maximum absolute atomic E-state index is 12.1. The minimum atomic E-state index is -0.412. The molecule has 2 saturated carbocycles. The third-order valence-corrected chi connectivity index (χ3v) is 5.06. The highest BCUT2D eigenvalue weighted by Gasteiger charge is 2.63. The third-order valence-electron chi connectivity index (χ3n) is 5.06. The van der Waals surface area contributed by atoms with Gasteiger partial charge in [0.2, 0.25) is 0 Å². The molecule has 2 bridgehead atoms. The molecule has 2 aliphatic rings. The highest BCUT2D eigenvalue weighted by atomic mass is 16.3. The average molecular weight is 209 g/mol. The second-order valence-electron chi connectivity index (χ2n) is 5.81. The monoisotopic (exact) mass is 209 g/mol. The van der Waals surface area contributed by atoms with Crippen LogP contribution in [0.1, 0.15) is 46.0 Å². The Kier molecular flexibility index (Phi) is 2.45. The van der Waals surface area contributed by atoms with Crippen molar-refractivity contribution in [2.45, 2.75) is 52.1 Å². The summed E-state index contributed by atoms with van der Waals surface area (Å²) >= 11 is 0. The van der Waals surface area contributed by atoms with Crippen LogP contribution in [-0.2, 0) is 4.79 Å². The zero-order chi connectivity index (χ0) is 11.3. The number of aliphatic hydroxyl groups is 1. The fourth-order valence-electron chi connectivity index (χ4n) is 3.75. The van der Waals surface area contributed by atoms with Gasteiger partial charge in [0, 0.05) is 11.8 Å². The van der Waals surface area contributed by atoms with Crippen LogP contribution in [0.25, 0.3) is 0 Å². The van der Waals surface area contributed by atoms with Gasteiger partial charge in [0.05, 0.1) is 6.10 Å². The molecule has 1 N–H and O–H groups in total. The second-order valence-corrected chi connectivity index (χ2v) is 5.81. The van der Waals surface area contributed by atoms with Crippen molar-refractivity contribution in [3.63, 3.8) is 0 Å². The van der Waals surface area contributed by atoms with Crippen molar-refractivity contribution < 1.29 is 9.90 Å². The van der Waals surface area contributed by atoms with E-state index in [2.05, 4.69) is 20.8 Å². The fourth-order valence-corrected chi connectivity index (χ4v) is 3.75. The molecule has 2 heteroatoms. The molecule has 2 fully saturated rings. The lowest BCUT2D eigenvalue weighted by atomic mass is 9.66. The molecule has 85 valence electrons. The van der Waals surface area contributed by atoms with Gasteiger partial charge >= 0.3 is 0 Å². The topological polar surface area (TPSA) is 37.3 Å². The Morgan fingerprint density at radius 3 is 2.67 bits per heavy atom. The van der Waals surface area contributed by atoms with E-state index in [9.17, 15) is 9.90 Å². The largest absolute Gasteiger partial charge is 0.393 e. The molecule has 0 aromatic rings. The van der Waals surface area contributed by atoms with Gasteiger partial charge in [-0.3, -0.25) is 4.79 Å². The van der Waals surface area contributed by atoms with Crippen LogP contribution in [0.4, 0.5) is 0 Å². The Balaban J connectivity index is 2.27. The smallest absolute Gasteiger partial charge is 0.139 e. The van der Waals surface area contributed by atoms with Crippen molar-refractivity contribution >= 4 is 5.78 Å². The summed E-state index contributed by atoms with van der Waals surface area (Å²) in [5.41, 5.74) is -0.158. The number of ketones is 1. The number of carbonyl (C=O) groups is 1. The van der Waals surface area contributed by atoms with E-state index in [-0.39, 0.29) is 10.8 Å². The lowest BCUT2D eigenvalue weighted by Gasteiger charge is -2.37. The molecule has 2 rings (SSSR count). The van der Waals surface area contributed by atoms with Gasteiger partial charge in [-0.2, -0.15) is 0 Å². The Bertz CT molecular complexity index is 282. The van der Waals surface area contributed by atoms with Crippen molar-refractivity contribution in [3.8, 4) is 0 Å². The van der Waals surface area contributed by atoms with Crippen LogP contribution < -0.4 is 0 Å². The number of aliphatic hydroxyl groups excluding tert-OH is 1. The molecule has 0 heterocycles. The highest BCUT2D eigenvalue weighted by Crippen LogP contribution is 2.65. The van der Waals surface area contributed by atoms with E-state index in [0.717, 1.165) is 19.3 Å². The summed E-state index contributed by atoms with van der Waals surface area (Å²) in [5, 5.41) is 9.77. The first-order chi connectivity index (χ1) is 6.94. The molecule has 0 aromatic heterocycles. The van der Waals surface area contributed by atoms with Crippen LogP contribution in [-0.4, -0.2) is 17.0 Å². The lowest BCUT2D eigenvalue weighted by molar-refractivity contribution is -0.131. The van der Waals surface area contributed by atoms with E-state index in [1.165, 1.54) is 0 Å². The van der Waals surface area contributed by atoms with Crippen molar-refractivity contribution in [1.29, 1.82) is 0 Å². The summed E-state index contributed by atoms with van der Waals surface area (Å²) in [5.74, 6) is 0.929. The SMILES string of the molecule is [CH2]CC(O)CC12CCC(CC1=O)C2(C)C. The Hall–Kier alpha value is -0.370. The van der Waals surface area contributed by atoms with Gasteiger partial charge in [-0.1, -0.05) is 20.8 Å². The molecule has 0 saturated heterocycles. The van der Waals surface area contributed by atoms with E-state index in [1.54, 1.807) is 0 Å². The van der Waals surface area contributed by atoms with Crippen LogP contribution in [0.2, 0.25) is 0 Å². The first-order valence-corrected chi connectivity index (χ1v) is 5.94. The normalized spacial score (nSPS) is 39.7. The lowest BCUT2D eigenvalue weighted by Crippen LogP contribution is -2.39. The van der Waals surface area contributed by atoms with Crippen molar-refractivity contribution in [3.05, 3.63) is 6.92 Å². The van der Waals surface area contributed by atoms with Crippen molar-refractivity contribution in [1.82, 2.24) is 0 Å². The molecular formula is C13H21O2. The van der Waals surface area contributed by atoms with Gasteiger partial charge in [-0.05, 0) is 37.0 Å². The predicted octanol–water partition coefficient (Wildman–Crippen LogP) is 2.36. The van der Waals surface area contributed by atoms with Gasteiger partial charge in [0.15, 0.2) is 0 Å². The minimum absolute atomic E-state index is 0.0836. The number of Topliss-reactive ketones (excluding diaryl/α,β-unsaturated/α-hetero) is 1. The molecule has 0 spiro atoms. The van der Waals surface area contributed by atoms with E-state index < -0.39 is 6.10 Å². The zero-order valence-corrected chi connectivity index (χ0v) is 9.75. The first kappa shape index (κ1) is 11.1. The molecule has 0 aliphatic heterocycles. The minimum Gasteiger partial charge on any atom is -0.393 e. The van der Waals surface area contributed by atoms with E-state index >= 15 is 0 Å². The van der Waals surface area contributed by atoms with Gasteiger partial charge in [0.25, 0.3) is 0 Å².